The Morgan fingerprint density at radius 2 is 0.632 bits per heavy atom. The number of allylic oxidation sites excluding steroid dienone is 8. The summed E-state index contributed by atoms with van der Waals surface area (Å²) >= 11 is 0. The van der Waals surface area contributed by atoms with Crippen LogP contribution in [0.4, 0.5) is 0 Å². The highest BCUT2D eigenvalue weighted by Crippen LogP contribution is 2.43. The maximum atomic E-state index is 12.8. The molecule has 2 unspecified atom stereocenters. The quantitative estimate of drug-likeness (QED) is 0.0264. The molecule has 0 rings (SSSR count). The molecule has 512 valence electrons. The first-order valence-electron chi connectivity index (χ1n) is 38.1. The van der Waals surface area contributed by atoms with E-state index in [0.29, 0.717) is 6.42 Å². The van der Waals surface area contributed by atoms with Crippen LogP contribution < -0.4 is 5.73 Å². The van der Waals surface area contributed by atoms with Gasteiger partial charge in [-0.15, -0.1) is 0 Å². The molecular weight excluding hydrogens is 1100 g/mol. The molecule has 10 heteroatoms. The summed E-state index contributed by atoms with van der Waals surface area (Å²) in [4.78, 5) is 35.4. The Morgan fingerprint density at radius 3 is 0.943 bits per heavy atom. The molecule has 0 aromatic rings. The number of rotatable bonds is 73. The minimum absolute atomic E-state index is 0.0563. The summed E-state index contributed by atoms with van der Waals surface area (Å²) in [6.45, 7) is 3.72. The van der Waals surface area contributed by atoms with Crippen molar-refractivity contribution in [2.24, 2.45) is 5.73 Å². The molecular formula is C77H146NO8P. The fourth-order valence-electron chi connectivity index (χ4n) is 11.6. The van der Waals surface area contributed by atoms with E-state index >= 15 is 0 Å². The van der Waals surface area contributed by atoms with Crippen LogP contribution >= 0.6 is 7.82 Å². The fourth-order valence-corrected chi connectivity index (χ4v) is 12.4. The van der Waals surface area contributed by atoms with Gasteiger partial charge in [0.15, 0.2) is 6.10 Å². The molecule has 0 saturated heterocycles. The fraction of sp³-hybridized carbons (Fsp3) is 0.870. The van der Waals surface area contributed by atoms with E-state index in [4.69, 9.17) is 24.3 Å². The van der Waals surface area contributed by atoms with E-state index < -0.39 is 26.5 Å². The highest BCUT2D eigenvalue weighted by atomic mass is 31.2. The van der Waals surface area contributed by atoms with Crippen molar-refractivity contribution in [3.8, 4) is 0 Å². The maximum Gasteiger partial charge on any atom is 0.472 e. The molecule has 0 aromatic heterocycles. The summed E-state index contributed by atoms with van der Waals surface area (Å²) in [7, 11) is -4.39. The molecule has 0 amide bonds. The van der Waals surface area contributed by atoms with E-state index in [-0.39, 0.29) is 38.6 Å². The number of carbonyl (C=O) groups is 2. The number of esters is 2. The van der Waals surface area contributed by atoms with E-state index in [1.54, 1.807) is 0 Å². The van der Waals surface area contributed by atoms with Gasteiger partial charge in [-0.3, -0.25) is 18.6 Å². The second kappa shape index (κ2) is 73.0. The van der Waals surface area contributed by atoms with Crippen molar-refractivity contribution >= 4 is 19.8 Å². The van der Waals surface area contributed by atoms with Crippen molar-refractivity contribution in [3.63, 3.8) is 0 Å². The first-order valence-corrected chi connectivity index (χ1v) is 39.6. The Labute approximate surface area is 540 Å². The van der Waals surface area contributed by atoms with Gasteiger partial charge < -0.3 is 20.1 Å². The Morgan fingerprint density at radius 1 is 0.356 bits per heavy atom. The number of unbranched alkanes of at least 4 members (excludes halogenated alkanes) is 52. The van der Waals surface area contributed by atoms with Crippen molar-refractivity contribution in [1.29, 1.82) is 0 Å². The smallest absolute Gasteiger partial charge is 0.462 e. The van der Waals surface area contributed by atoms with Gasteiger partial charge in [-0.1, -0.05) is 383 Å². The summed E-state index contributed by atoms with van der Waals surface area (Å²) < 4.78 is 33.3. The normalized spacial score (nSPS) is 13.1. The lowest BCUT2D eigenvalue weighted by molar-refractivity contribution is -0.161. The number of nitrogens with two attached hydrogens (primary N) is 1. The largest absolute Gasteiger partial charge is 0.472 e. The van der Waals surface area contributed by atoms with E-state index in [2.05, 4.69) is 62.5 Å². The van der Waals surface area contributed by atoms with Gasteiger partial charge in [-0.2, -0.15) is 0 Å². The Hall–Kier alpha value is -2.03. The summed E-state index contributed by atoms with van der Waals surface area (Å²) in [6.07, 6.45) is 93.9. The zero-order valence-corrected chi connectivity index (χ0v) is 58.7. The molecule has 0 bridgehead atoms. The molecule has 0 saturated carbocycles. The topological polar surface area (TPSA) is 134 Å². The molecule has 9 nitrogen and oxygen atoms in total. The molecule has 0 aromatic carbocycles. The second-order valence-electron chi connectivity index (χ2n) is 25.9. The molecule has 0 fully saturated rings. The Kier molecular flexibility index (Phi) is 71.3. The highest BCUT2D eigenvalue weighted by Gasteiger charge is 2.26. The van der Waals surface area contributed by atoms with Crippen molar-refractivity contribution in [3.05, 3.63) is 48.6 Å². The maximum absolute atomic E-state index is 12.8. The van der Waals surface area contributed by atoms with Gasteiger partial charge in [-0.05, 0) is 51.4 Å². The van der Waals surface area contributed by atoms with Crippen LogP contribution in [-0.2, 0) is 32.7 Å². The lowest BCUT2D eigenvalue weighted by atomic mass is 10.0. The van der Waals surface area contributed by atoms with Crippen LogP contribution in [-0.4, -0.2) is 49.3 Å². The number of phosphoric ester groups is 1. The van der Waals surface area contributed by atoms with Crippen LogP contribution in [0.25, 0.3) is 0 Å². The van der Waals surface area contributed by atoms with Crippen molar-refractivity contribution in [1.82, 2.24) is 0 Å². The lowest BCUT2D eigenvalue weighted by Gasteiger charge is -2.19. The van der Waals surface area contributed by atoms with Gasteiger partial charge in [0, 0.05) is 19.4 Å². The monoisotopic (exact) mass is 1240 g/mol. The van der Waals surface area contributed by atoms with Gasteiger partial charge in [-0.25, -0.2) is 4.57 Å². The highest BCUT2D eigenvalue weighted by molar-refractivity contribution is 7.47. The van der Waals surface area contributed by atoms with Gasteiger partial charge >= 0.3 is 19.8 Å². The number of hydrogen-bond acceptors (Lipinski definition) is 8. The third-order valence-corrected chi connectivity index (χ3v) is 18.2. The summed E-state index contributed by atoms with van der Waals surface area (Å²) in [6, 6.07) is 0. The van der Waals surface area contributed by atoms with E-state index in [1.807, 2.05) is 0 Å². The van der Waals surface area contributed by atoms with E-state index in [0.717, 1.165) is 57.8 Å². The van der Waals surface area contributed by atoms with E-state index in [1.165, 1.54) is 308 Å². The lowest BCUT2D eigenvalue weighted by Crippen LogP contribution is -2.29. The van der Waals surface area contributed by atoms with Crippen molar-refractivity contribution in [2.45, 2.75) is 405 Å². The Bertz CT molecular complexity index is 1570. The predicted molar refractivity (Wildman–Crippen MR) is 377 cm³/mol. The SMILES string of the molecule is CC/C=C\C/C=C\C/C=C\C/C=C\CCCCCCCCCCCCCCCCCCCCCCCCC(=O)OC(COC(=O)CCCCCCCCCCCCCCCCCCCCCCCCCCCCCCCCC)COP(=O)(O)OCCN. The number of ether oxygens (including phenoxy) is 2. The number of carbonyl (C=O) groups excluding carboxylic acids is 2. The third kappa shape index (κ3) is 72.9. The zero-order chi connectivity index (χ0) is 63.0. The van der Waals surface area contributed by atoms with Crippen LogP contribution in [0.1, 0.15) is 399 Å². The molecule has 0 aliphatic carbocycles. The van der Waals surface area contributed by atoms with Crippen molar-refractivity contribution < 1.29 is 37.6 Å². The van der Waals surface area contributed by atoms with Crippen LogP contribution in [0.5, 0.6) is 0 Å². The van der Waals surface area contributed by atoms with E-state index in [9.17, 15) is 19.0 Å². The van der Waals surface area contributed by atoms with Crippen LogP contribution in [0.15, 0.2) is 48.6 Å². The third-order valence-electron chi connectivity index (χ3n) is 17.2. The van der Waals surface area contributed by atoms with Crippen LogP contribution in [0.3, 0.4) is 0 Å². The molecule has 2 atom stereocenters. The number of hydrogen-bond donors (Lipinski definition) is 2. The standard InChI is InChI=1S/C77H146NO8P/c1-3-5-7-9-11-13-15-17-19-21-23-25-27-29-31-33-35-36-37-38-40-42-44-46-48-50-52-54-56-58-60-62-64-66-68-70-77(80)86-75(74-85-87(81,82)84-72-71-78)73-83-76(79)69-67-65-63-61-59-57-55-53-51-49-47-45-43-41-39-34-32-30-28-26-24-22-20-18-16-14-12-10-8-6-4-2/h5,7,11,13,17,19,23,25,75H,3-4,6,8-10,12,14-16,18,20-22,24,26-74,78H2,1-2H3,(H,81,82)/b7-5-,13-11-,19-17-,25-23-. The van der Waals surface area contributed by atoms with Gasteiger partial charge in [0.05, 0.1) is 13.2 Å². The van der Waals surface area contributed by atoms with Crippen molar-refractivity contribution in [2.75, 3.05) is 26.4 Å². The molecule has 0 aliphatic heterocycles. The number of phosphoric acid groups is 1. The van der Waals surface area contributed by atoms with Crippen LogP contribution in [0, 0.1) is 0 Å². The van der Waals surface area contributed by atoms with Gasteiger partial charge in [0.2, 0.25) is 0 Å². The Balaban J connectivity index is 3.77. The minimum atomic E-state index is -4.39. The molecule has 0 heterocycles. The summed E-state index contributed by atoms with van der Waals surface area (Å²) in [5, 5.41) is 0. The summed E-state index contributed by atoms with van der Waals surface area (Å²) in [5.41, 5.74) is 5.41. The average molecular weight is 1240 g/mol. The first kappa shape index (κ1) is 85.0. The molecule has 0 radical (unpaired) electrons. The van der Waals surface area contributed by atoms with Gasteiger partial charge in [0.25, 0.3) is 0 Å². The average Bonchev–Trinajstić information content (AvgIpc) is 3.64. The predicted octanol–water partition coefficient (Wildman–Crippen LogP) is 25.2. The molecule has 3 N–H and O–H groups in total. The summed E-state index contributed by atoms with van der Waals surface area (Å²) in [5.74, 6) is -0.802. The van der Waals surface area contributed by atoms with Gasteiger partial charge in [0.1, 0.15) is 6.61 Å². The van der Waals surface area contributed by atoms with Crippen LogP contribution in [0.2, 0.25) is 0 Å². The molecule has 0 spiro atoms. The minimum Gasteiger partial charge on any atom is -0.462 e. The molecule has 87 heavy (non-hydrogen) atoms. The molecule has 0 aliphatic rings. The first-order chi connectivity index (χ1) is 42.8. The second-order valence-corrected chi connectivity index (χ2v) is 27.3. The zero-order valence-electron chi connectivity index (χ0n) is 57.8.